The molecule has 23 heavy (non-hydrogen) atoms. The number of unbranched alkanes of at least 4 members (excludes halogenated alkanes) is 1. The zero-order valence-electron chi connectivity index (χ0n) is 14.2. The van der Waals surface area contributed by atoms with Crippen molar-refractivity contribution in [3.63, 3.8) is 0 Å². The van der Waals surface area contributed by atoms with E-state index in [0.717, 1.165) is 43.4 Å². The van der Waals surface area contributed by atoms with E-state index >= 15 is 0 Å². The molecule has 4 heteroatoms. The molecule has 2 aromatic rings. The summed E-state index contributed by atoms with van der Waals surface area (Å²) in [7, 11) is 0. The predicted molar refractivity (Wildman–Crippen MR) is 92.8 cm³/mol. The quantitative estimate of drug-likeness (QED) is 0.761. The molecule has 0 aliphatic heterocycles. The van der Waals surface area contributed by atoms with Gasteiger partial charge in [0, 0.05) is 24.9 Å². The van der Waals surface area contributed by atoms with Gasteiger partial charge in [-0.3, -0.25) is 4.90 Å². The lowest BCUT2D eigenvalue weighted by atomic mass is 10.1. The van der Waals surface area contributed by atoms with E-state index in [4.69, 9.17) is 5.11 Å². The molecule has 1 aliphatic carbocycles. The lowest BCUT2D eigenvalue weighted by molar-refractivity contribution is 0.229. The summed E-state index contributed by atoms with van der Waals surface area (Å²) in [6.07, 6.45) is 4.63. The molecule has 0 radical (unpaired) electrons. The van der Waals surface area contributed by atoms with Crippen molar-refractivity contribution >= 4 is 0 Å². The largest absolute Gasteiger partial charge is 0.396 e. The highest BCUT2D eigenvalue weighted by Crippen LogP contribution is 2.28. The van der Waals surface area contributed by atoms with Crippen LogP contribution in [-0.4, -0.2) is 39.0 Å². The second-order valence-electron chi connectivity index (χ2n) is 6.64. The van der Waals surface area contributed by atoms with Gasteiger partial charge in [-0.15, -0.1) is 0 Å². The summed E-state index contributed by atoms with van der Waals surface area (Å²) < 4.78 is 2.00. The average Bonchev–Trinajstić information content (AvgIpc) is 3.32. The van der Waals surface area contributed by atoms with Crippen molar-refractivity contribution in [1.82, 2.24) is 14.7 Å². The molecule has 0 spiro atoms. The Kier molecular flexibility index (Phi) is 5.13. The first kappa shape index (κ1) is 16.2. The summed E-state index contributed by atoms with van der Waals surface area (Å²) in [5.41, 5.74) is 4.69. The molecule has 4 nitrogen and oxygen atoms in total. The number of nitrogens with zero attached hydrogens (tertiary/aromatic N) is 3. The number of hydrogen-bond acceptors (Lipinski definition) is 3. The van der Waals surface area contributed by atoms with Crippen LogP contribution in [0.1, 0.15) is 42.6 Å². The summed E-state index contributed by atoms with van der Waals surface area (Å²) in [5.74, 6) is 0. The summed E-state index contributed by atoms with van der Waals surface area (Å²) in [6.45, 7) is 6.51. The van der Waals surface area contributed by atoms with Gasteiger partial charge in [-0.25, -0.2) is 4.68 Å². The van der Waals surface area contributed by atoms with E-state index in [-0.39, 0.29) is 0 Å². The van der Waals surface area contributed by atoms with E-state index in [0.29, 0.717) is 6.61 Å². The highest BCUT2D eigenvalue weighted by Gasteiger charge is 2.28. The lowest BCUT2D eigenvalue weighted by Crippen LogP contribution is -2.26. The molecule has 1 heterocycles. The van der Waals surface area contributed by atoms with E-state index in [2.05, 4.69) is 47.3 Å². The molecule has 124 valence electrons. The molecule has 1 N–H and O–H groups in total. The first-order chi connectivity index (χ1) is 11.2. The smallest absolute Gasteiger partial charge is 0.0648 e. The van der Waals surface area contributed by atoms with E-state index in [1.165, 1.54) is 24.1 Å². The molecule has 1 aliphatic rings. The SMILES string of the molecule is Cc1cc(C)n(-c2ccc(CN(CCCCO)C3CC3)cc2)n1. The third kappa shape index (κ3) is 4.21. The summed E-state index contributed by atoms with van der Waals surface area (Å²) in [4.78, 5) is 2.56. The van der Waals surface area contributed by atoms with Crippen LogP contribution in [-0.2, 0) is 6.54 Å². The Labute approximate surface area is 138 Å². The van der Waals surface area contributed by atoms with Crippen LogP contribution in [0.5, 0.6) is 0 Å². The Morgan fingerprint density at radius 1 is 1.17 bits per heavy atom. The molecule has 1 aromatic heterocycles. The van der Waals surface area contributed by atoms with Crippen molar-refractivity contribution < 1.29 is 5.11 Å². The second-order valence-corrected chi connectivity index (χ2v) is 6.64. The van der Waals surface area contributed by atoms with Gasteiger partial charge < -0.3 is 5.11 Å². The van der Waals surface area contributed by atoms with Crippen LogP contribution < -0.4 is 0 Å². The van der Waals surface area contributed by atoms with Crippen molar-refractivity contribution in [3.05, 3.63) is 47.3 Å². The fourth-order valence-corrected chi connectivity index (χ4v) is 3.12. The van der Waals surface area contributed by atoms with Crippen LogP contribution in [0.4, 0.5) is 0 Å². The fraction of sp³-hybridized carbons (Fsp3) is 0.526. The maximum Gasteiger partial charge on any atom is 0.0648 e. The number of rotatable bonds is 8. The maximum atomic E-state index is 8.96. The third-order valence-electron chi connectivity index (χ3n) is 4.49. The van der Waals surface area contributed by atoms with Crippen LogP contribution in [0, 0.1) is 13.8 Å². The highest BCUT2D eigenvalue weighted by molar-refractivity contribution is 5.36. The van der Waals surface area contributed by atoms with Crippen LogP contribution in [0.15, 0.2) is 30.3 Å². The van der Waals surface area contributed by atoms with Gasteiger partial charge in [0.25, 0.3) is 0 Å². The Hall–Kier alpha value is -1.65. The van der Waals surface area contributed by atoms with Gasteiger partial charge >= 0.3 is 0 Å². The number of benzene rings is 1. The van der Waals surface area contributed by atoms with E-state index in [1.807, 2.05) is 11.6 Å². The minimum atomic E-state index is 0.301. The van der Waals surface area contributed by atoms with Crippen LogP contribution in [0.25, 0.3) is 5.69 Å². The van der Waals surface area contributed by atoms with E-state index in [9.17, 15) is 0 Å². The molecule has 0 atom stereocenters. The van der Waals surface area contributed by atoms with Gasteiger partial charge in [0.1, 0.15) is 0 Å². The zero-order chi connectivity index (χ0) is 16.2. The summed E-state index contributed by atoms with van der Waals surface area (Å²) in [6, 6.07) is 11.6. The van der Waals surface area contributed by atoms with Crippen molar-refractivity contribution in [2.24, 2.45) is 0 Å². The van der Waals surface area contributed by atoms with Gasteiger partial charge in [-0.05, 0) is 69.8 Å². The summed E-state index contributed by atoms with van der Waals surface area (Å²) in [5, 5.41) is 13.5. The molecule has 0 saturated heterocycles. The third-order valence-corrected chi connectivity index (χ3v) is 4.49. The topological polar surface area (TPSA) is 41.3 Å². The Morgan fingerprint density at radius 2 is 1.91 bits per heavy atom. The highest BCUT2D eigenvalue weighted by atomic mass is 16.2. The number of aromatic nitrogens is 2. The fourth-order valence-electron chi connectivity index (χ4n) is 3.12. The standard InChI is InChI=1S/C19H27N3O/c1-15-13-16(2)22(20-15)19-7-5-17(6-8-19)14-21(18-9-10-18)11-3-4-12-23/h5-8,13,18,23H,3-4,9-12,14H2,1-2H3. The van der Waals surface area contributed by atoms with Crippen molar-refractivity contribution in [2.75, 3.05) is 13.2 Å². The Bertz CT molecular complexity index is 629. The number of aliphatic hydroxyl groups is 1. The minimum Gasteiger partial charge on any atom is -0.396 e. The molecule has 1 saturated carbocycles. The lowest BCUT2D eigenvalue weighted by Gasteiger charge is -2.22. The van der Waals surface area contributed by atoms with Gasteiger partial charge in [-0.1, -0.05) is 12.1 Å². The van der Waals surface area contributed by atoms with Crippen molar-refractivity contribution in [2.45, 2.75) is 52.1 Å². The molecule has 1 aromatic carbocycles. The monoisotopic (exact) mass is 313 g/mol. The molecule has 3 rings (SSSR count). The van der Waals surface area contributed by atoms with Crippen molar-refractivity contribution in [1.29, 1.82) is 0 Å². The number of aryl methyl sites for hydroxylation is 2. The van der Waals surface area contributed by atoms with E-state index in [1.54, 1.807) is 0 Å². The van der Waals surface area contributed by atoms with Gasteiger partial charge in [-0.2, -0.15) is 5.10 Å². The zero-order valence-corrected chi connectivity index (χ0v) is 14.2. The predicted octanol–water partition coefficient (Wildman–Crippen LogP) is 3.23. The molecule has 1 fully saturated rings. The number of hydrogen-bond donors (Lipinski definition) is 1. The van der Waals surface area contributed by atoms with E-state index < -0.39 is 0 Å². The molecular formula is C19H27N3O. The Morgan fingerprint density at radius 3 is 2.48 bits per heavy atom. The summed E-state index contributed by atoms with van der Waals surface area (Å²) >= 11 is 0. The molecule has 0 bridgehead atoms. The normalized spacial score (nSPS) is 14.6. The first-order valence-electron chi connectivity index (χ1n) is 8.65. The maximum absolute atomic E-state index is 8.96. The average molecular weight is 313 g/mol. The van der Waals surface area contributed by atoms with Crippen LogP contribution in [0.3, 0.4) is 0 Å². The molecular weight excluding hydrogens is 286 g/mol. The van der Waals surface area contributed by atoms with Gasteiger partial charge in [0.15, 0.2) is 0 Å². The molecule has 0 unspecified atom stereocenters. The van der Waals surface area contributed by atoms with Crippen LogP contribution >= 0.6 is 0 Å². The molecule has 0 amide bonds. The van der Waals surface area contributed by atoms with Gasteiger partial charge in [0.05, 0.1) is 11.4 Å². The number of aliphatic hydroxyl groups excluding tert-OH is 1. The second kappa shape index (κ2) is 7.28. The minimum absolute atomic E-state index is 0.301. The van der Waals surface area contributed by atoms with Crippen molar-refractivity contribution in [3.8, 4) is 5.69 Å². The van der Waals surface area contributed by atoms with Crippen LogP contribution in [0.2, 0.25) is 0 Å². The first-order valence-corrected chi connectivity index (χ1v) is 8.65. The van der Waals surface area contributed by atoms with Gasteiger partial charge in [0.2, 0.25) is 0 Å². The Balaban J connectivity index is 1.65.